The van der Waals surface area contributed by atoms with Crippen LogP contribution in [-0.4, -0.2) is 31.2 Å². The number of pyridine rings is 1. The normalized spacial score (nSPS) is 13.0. The topological polar surface area (TPSA) is 72.1 Å². The molecule has 0 amide bonds. The predicted molar refractivity (Wildman–Crippen MR) is 114 cm³/mol. The first kappa shape index (κ1) is 20.4. The van der Waals surface area contributed by atoms with E-state index in [1.54, 1.807) is 18.2 Å². The highest BCUT2D eigenvalue weighted by molar-refractivity contribution is 7.90. The van der Waals surface area contributed by atoms with Crippen LogP contribution in [0.5, 0.6) is 5.75 Å². The summed E-state index contributed by atoms with van der Waals surface area (Å²) in [6, 6.07) is 9.03. The van der Waals surface area contributed by atoms with Crippen molar-refractivity contribution in [2.75, 3.05) is 12.9 Å². The minimum atomic E-state index is -3.32. The number of unbranched alkanes of at least 4 members (excludes halogenated alkanes) is 1. The largest absolute Gasteiger partial charge is 0.493 e. The molecule has 28 heavy (non-hydrogen) atoms. The second kappa shape index (κ2) is 8.35. The number of nitrogens with zero attached hydrogens (tertiary/aromatic N) is 1. The van der Waals surface area contributed by atoms with Crippen LogP contribution in [0.4, 0.5) is 0 Å². The number of ether oxygens (including phenoxy) is 1. The molecule has 1 N–H and O–H groups in total. The van der Waals surface area contributed by atoms with Gasteiger partial charge in [-0.25, -0.2) is 13.4 Å². The molecule has 0 aliphatic carbocycles. The number of H-pyrrole nitrogens is 1. The van der Waals surface area contributed by atoms with Crippen molar-refractivity contribution < 1.29 is 13.2 Å². The van der Waals surface area contributed by atoms with E-state index in [0.717, 1.165) is 34.3 Å². The summed E-state index contributed by atoms with van der Waals surface area (Å²) in [5.41, 5.74) is 3.34. The van der Waals surface area contributed by atoms with Crippen LogP contribution in [0.3, 0.4) is 0 Å². The van der Waals surface area contributed by atoms with Gasteiger partial charge in [0.2, 0.25) is 0 Å². The zero-order valence-corrected chi connectivity index (χ0v) is 17.8. The molecule has 2 aromatic heterocycles. The van der Waals surface area contributed by atoms with Gasteiger partial charge in [-0.2, -0.15) is 0 Å². The molecule has 1 unspecified atom stereocenters. The summed E-state index contributed by atoms with van der Waals surface area (Å²) in [4.78, 5) is 7.94. The predicted octanol–water partition coefficient (Wildman–Crippen LogP) is 5.15. The molecule has 6 heteroatoms. The lowest BCUT2D eigenvalue weighted by molar-refractivity contribution is 0.250. The first-order chi connectivity index (χ1) is 13.3. The first-order valence-electron chi connectivity index (χ1n) is 9.71. The Morgan fingerprint density at radius 3 is 2.68 bits per heavy atom. The summed E-state index contributed by atoms with van der Waals surface area (Å²) in [5, 5.41) is 0.945. The molecular weight excluding hydrogens is 372 g/mol. The highest BCUT2D eigenvalue weighted by atomic mass is 32.2. The van der Waals surface area contributed by atoms with E-state index in [4.69, 9.17) is 4.74 Å². The Hall–Kier alpha value is -2.34. The second-order valence-corrected chi connectivity index (χ2v) is 9.56. The monoisotopic (exact) mass is 400 g/mol. The highest BCUT2D eigenvalue weighted by Gasteiger charge is 2.17. The van der Waals surface area contributed by atoms with Gasteiger partial charge < -0.3 is 9.72 Å². The van der Waals surface area contributed by atoms with Gasteiger partial charge in [0.15, 0.2) is 9.84 Å². The maximum Gasteiger partial charge on any atom is 0.175 e. The van der Waals surface area contributed by atoms with Gasteiger partial charge in [0, 0.05) is 29.1 Å². The van der Waals surface area contributed by atoms with Crippen molar-refractivity contribution in [2.24, 2.45) is 5.92 Å². The van der Waals surface area contributed by atoms with Crippen molar-refractivity contribution in [1.29, 1.82) is 0 Å². The Kier molecular flexibility index (Phi) is 6.08. The van der Waals surface area contributed by atoms with E-state index in [1.165, 1.54) is 19.1 Å². The average molecular weight is 401 g/mol. The van der Waals surface area contributed by atoms with E-state index in [-0.39, 0.29) is 4.90 Å². The minimum Gasteiger partial charge on any atom is -0.493 e. The fourth-order valence-corrected chi connectivity index (χ4v) is 3.98. The molecule has 0 aliphatic heterocycles. The smallest absolute Gasteiger partial charge is 0.175 e. The summed E-state index contributed by atoms with van der Waals surface area (Å²) in [6.45, 7) is 6.90. The SMILES string of the molecule is CCCCC(C)COc1ccc(S(C)(=O)=O)cc1-c1cc(C)nc2[nH]ccc12. The van der Waals surface area contributed by atoms with Crippen molar-refractivity contribution in [3.8, 4) is 16.9 Å². The van der Waals surface area contributed by atoms with Gasteiger partial charge >= 0.3 is 0 Å². The van der Waals surface area contributed by atoms with Crippen LogP contribution in [0, 0.1) is 12.8 Å². The molecule has 0 fully saturated rings. The third-order valence-corrected chi connectivity index (χ3v) is 6.01. The van der Waals surface area contributed by atoms with Crippen LogP contribution in [0.15, 0.2) is 41.4 Å². The van der Waals surface area contributed by atoms with Gasteiger partial charge in [-0.1, -0.05) is 26.7 Å². The van der Waals surface area contributed by atoms with Crippen LogP contribution < -0.4 is 4.74 Å². The number of hydrogen-bond acceptors (Lipinski definition) is 4. The molecule has 0 radical (unpaired) electrons. The number of aromatic nitrogens is 2. The molecular formula is C22H28N2O3S. The number of benzene rings is 1. The third kappa shape index (κ3) is 4.55. The number of hydrogen-bond donors (Lipinski definition) is 1. The summed E-state index contributed by atoms with van der Waals surface area (Å²) in [5.74, 6) is 1.14. The average Bonchev–Trinajstić information content (AvgIpc) is 3.11. The van der Waals surface area contributed by atoms with Crippen molar-refractivity contribution in [2.45, 2.75) is 44.9 Å². The maximum absolute atomic E-state index is 12.1. The Bertz CT molecular complexity index is 1070. The van der Waals surface area contributed by atoms with Crippen LogP contribution in [0.25, 0.3) is 22.2 Å². The molecule has 3 aromatic rings. The molecule has 0 saturated heterocycles. The van der Waals surface area contributed by atoms with Gasteiger partial charge in [-0.05, 0) is 55.2 Å². The van der Waals surface area contributed by atoms with E-state index >= 15 is 0 Å². The van der Waals surface area contributed by atoms with Crippen LogP contribution in [-0.2, 0) is 9.84 Å². The molecule has 0 bridgehead atoms. The summed E-state index contributed by atoms with van der Waals surface area (Å²) < 4.78 is 30.4. The molecule has 150 valence electrons. The first-order valence-corrected chi connectivity index (χ1v) is 11.6. The third-order valence-electron chi connectivity index (χ3n) is 4.90. The van der Waals surface area contributed by atoms with E-state index in [2.05, 4.69) is 23.8 Å². The molecule has 0 saturated carbocycles. The number of nitrogens with one attached hydrogen (secondary N) is 1. The number of aryl methyl sites for hydroxylation is 1. The lowest BCUT2D eigenvalue weighted by Crippen LogP contribution is -2.09. The van der Waals surface area contributed by atoms with Crippen LogP contribution in [0.1, 0.15) is 38.8 Å². The summed E-state index contributed by atoms with van der Waals surface area (Å²) >= 11 is 0. The van der Waals surface area contributed by atoms with Crippen molar-refractivity contribution >= 4 is 20.9 Å². The van der Waals surface area contributed by atoms with Crippen molar-refractivity contribution in [3.63, 3.8) is 0 Å². The molecule has 0 spiro atoms. The summed E-state index contributed by atoms with van der Waals surface area (Å²) in [7, 11) is -3.32. The standard InChI is InChI=1S/C22H28N2O3S/c1-5-6-7-15(2)14-27-21-9-8-17(28(4,25)26)13-20(21)19-12-16(3)24-22-18(19)10-11-23-22/h8-13,15H,5-7,14H2,1-4H3,(H,23,24). The second-order valence-electron chi connectivity index (χ2n) is 7.54. The van der Waals surface area contributed by atoms with Gasteiger partial charge in [0.05, 0.1) is 11.5 Å². The number of rotatable bonds is 8. The number of sulfone groups is 1. The lowest BCUT2D eigenvalue weighted by atomic mass is 10.0. The highest BCUT2D eigenvalue weighted by Crippen LogP contribution is 2.37. The Morgan fingerprint density at radius 2 is 1.96 bits per heavy atom. The number of aromatic amines is 1. The Balaban J connectivity index is 2.07. The van der Waals surface area contributed by atoms with Crippen LogP contribution in [0.2, 0.25) is 0 Å². The van der Waals surface area contributed by atoms with E-state index in [1.807, 2.05) is 25.3 Å². The zero-order chi connectivity index (χ0) is 20.3. The van der Waals surface area contributed by atoms with Crippen LogP contribution >= 0.6 is 0 Å². The molecule has 3 rings (SSSR count). The zero-order valence-electron chi connectivity index (χ0n) is 17.0. The maximum atomic E-state index is 12.1. The molecule has 2 heterocycles. The quantitative estimate of drug-likeness (QED) is 0.568. The van der Waals surface area contributed by atoms with E-state index in [0.29, 0.717) is 18.3 Å². The number of fused-ring (bicyclic) bond motifs is 1. The van der Waals surface area contributed by atoms with E-state index < -0.39 is 9.84 Å². The van der Waals surface area contributed by atoms with Gasteiger partial charge in [0.1, 0.15) is 11.4 Å². The Labute approximate surface area is 167 Å². The van der Waals surface area contributed by atoms with Gasteiger partial charge in [-0.3, -0.25) is 0 Å². The van der Waals surface area contributed by atoms with Crippen molar-refractivity contribution in [1.82, 2.24) is 9.97 Å². The fraction of sp³-hybridized carbons (Fsp3) is 0.409. The van der Waals surface area contributed by atoms with Crippen molar-refractivity contribution in [3.05, 3.63) is 42.2 Å². The molecule has 1 atom stereocenters. The lowest BCUT2D eigenvalue weighted by Gasteiger charge is -2.17. The van der Waals surface area contributed by atoms with E-state index in [9.17, 15) is 8.42 Å². The minimum absolute atomic E-state index is 0.284. The van der Waals surface area contributed by atoms with Gasteiger partial charge in [-0.15, -0.1) is 0 Å². The molecule has 0 aliphatic rings. The molecule has 5 nitrogen and oxygen atoms in total. The van der Waals surface area contributed by atoms with Gasteiger partial charge in [0.25, 0.3) is 0 Å². The fourth-order valence-electron chi connectivity index (χ4n) is 3.33. The Morgan fingerprint density at radius 1 is 1.18 bits per heavy atom. The summed E-state index contributed by atoms with van der Waals surface area (Å²) in [6.07, 6.45) is 6.53. The molecule has 1 aromatic carbocycles.